The first kappa shape index (κ1) is 45.2. The molecule has 0 heterocycles. The Hall–Kier alpha value is 1.11. The number of unbranched alkanes of at least 4 members (excludes halogenated alkanes) is 27. The monoisotopic (exact) mass is 626 g/mol. The van der Waals surface area contributed by atoms with Crippen molar-refractivity contribution < 1.29 is 47.7 Å². The van der Waals surface area contributed by atoms with Crippen LogP contribution in [-0.4, -0.2) is 19.8 Å². The second kappa shape index (κ2) is 38.3. The fraction of sp³-hybridized carbons (Fsp3) is 1.00. The summed E-state index contributed by atoms with van der Waals surface area (Å²) in [7, 11) is -3.45. The van der Waals surface area contributed by atoms with Gasteiger partial charge in [-0.3, -0.25) is 13.6 Å². The van der Waals surface area contributed by atoms with Gasteiger partial charge in [-0.25, -0.2) is 4.57 Å². The Bertz CT molecular complexity index is 463. The molecule has 42 heavy (non-hydrogen) atoms. The minimum Gasteiger partial charge on any atom is -0.287 e. The fourth-order valence-corrected chi connectivity index (χ4v) is 6.69. The van der Waals surface area contributed by atoms with Crippen molar-refractivity contribution in [2.24, 2.45) is 0 Å². The van der Waals surface area contributed by atoms with Crippen molar-refractivity contribution >= 4 is 7.82 Å². The Morgan fingerprint density at radius 2 is 0.476 bits per heavy atom. The zero-order valence-corrected chi connectivity index (χ0v) is 32.3. The second-order valence-corrected chi connectivity index (χ2v) is 14.2. The third-order valence-corrected chi connectivity index (χ3v) is 9.74. The van der Waals surface area contributed by atoms with Crippen molar-refractivity contribution in [2.75, 3.05) is 19.8 Å². The van der Waals surface area contributed by atoms with Gasteiger partial charge in [-0.05, 0) is 19.3 Å². The van der Waals surface area contributed by atoms with Crippen LogP contribution in [0.4, 0.5) is 0 Å². The minimum absolute atomic E-state index is 0. The Morgan fingerprint density at radius 3 is 0.667 bits per heavy atom. The van der Waals surface area contributed by atoms with Crippen LogP contribution in [0.2, 0.25) is 0 Å². The smallest absolute Gasteiger partial charge is 0.287 e. The first-order valence-electron chi connectivity index (χ1n) is 18.7. The summed E-state index contributed by atoms with van der Waals surface area (Å²) in [6.45, 7) is 8.24. The molecule has 6 heteroatoms. The quantitative estimate of drug-likeness (QED) is 0.0395. The van der Waals surface area contributed by atoms with E-state index in [1.54, 1.807) is 0 Å². The maximum Gasteiger partial charge on any atom is 1.00 e. The fourth-order valence-electron chi connectivity index (χ4n) is 5.41. The maximum atomic E-state index is 13.3. The van der Waals surface area contributed by atoms with Gasteiger partial charge in [-0.1, -0.05) is 194 Å². The van der Waals surface area contributed by atoms with E-state index in [0.717, 1.165) is 38.5 Å². The van der Waals surface area contributed by atoms with Crippen LogP contribution < -0.4 is 29.6 Å². The average molecular weight is 626 g/mol. The second-order valence-electron chi connectivity index (χ2n) is 12.5. The van der Waals surface area contributed by atoms with Crippen molar-refractivity contribution in [1.29, 1.82) is 0 Å². The van der Waals surface area contributed by atoms with Crippen molar-refractivity contribution in [2.45, 2.75) is 213 Å². The predicted molar refractivity (Wildman–Crippen MR) is 181 cm³/mol. The molecule has 0 spiro atoms. The molecular formula is C36H75NaO4P+. The zero-order valence-electron chi connectivity index (χ0n) is 29.4. The molecule has 0 saturated carbocycles. The number of rotatable bonds is 36. The molecule has 0 aromatic carbocycles. The normalized spacial score (nSPS) is 11.7. The van der Waals surface area contributed by atoms with Gasteiger partial charge in [0.1, 0.15) is 0 Å². The molecule has 0 aromatic rings. The minimum atomic E-state index is -3.45. The Labute approximate surface area is 287 Å². The van der Waals surface area contributed by atoms with Gasteiger partial charge in [0, 0.05) is 0 Å². The van der Waals surface area contributed by atoms with E-state index in [0.29, 0.717) is 19.8 Å². The number of hydrogen-bond donors (Lipinski definition) is 0. The third kappa shape index (κ3) is 35.6. The molecule has 0 N–H and O–H groups in total. The maximum absolute atomic E-state index is 13.3. The average Bonchev–Trinajstić information content (AvgIpc) is 2.97. The van der Waals surface area contributed by atoms with Gasteiger partial charge in [0.2, 0.25) is 0 Å². The van der Waals surface area contributed by atoms with Crippen LogP contribution in [0.5, 0.6) is 0 Å². The van der Waals surface area contributed by atoms with Gasteiger partial charge in [-0.2, -0.15) is 0 Å². The Balaban J connectivity index is 0. The molecule has 0 aliphatic carbocycles. The van der Waals surface area contributed by atoms with Gasteiger partial charge >= 0.3 is 37.4 Å². The number of hydrogen-bond acceptors (Lipinski definition) is 4. The van der Waals surface area contributed by atoms with Crippen LogP contribution in [0.1, 0.15) is 213 Å². The van der Waals surface area contributed by atoms with E-state index in [2.05, 4.69) is 20.8 Å². The molecule has 248 valence electrons. The molecule has 0 radical (unpaired) electrons. The summed E-state index contributed by atoms with van der Waals surface area (Å²) in [6, 6.07) is 0. The summed E-state index contributed by atoms with van der Waals surface area (Å²) in [6.07, 6.45) is 38.3. The SMILES string of the molecule is CCCCCCCCCCCCOP(=O)(OCCCCCCCCCCCC)OCCCCCCCCCCCC.[Na+]. The molecular weight excluding hydrogens is 550 g/mol. The van der Waals surface area contributed by atoms with Crippen LogP contribution >= 0.6 is 7.82 Å². The van der Waals surface area contributed by atoms with Gasteiger partial charge in [0.05, 0.1) is 19.8 Å². The summed E-state index contributed by atoms with van der Waals surface area (Å²) in [5, 5.41) is 0. The van der Waals surface area contributed by atoms with Crippen molar-refractivity contribution in [3.63, 3.8) is 0 Å². The molecule has 0 saturated heterocycles. The topological polar surface area (TPSA) is 44.8 Å². The predicted octanol–water partition coefficient (Wildman–Crippen LogP) is 10.9. The number of phosphoric acid groups is 1. The first-order chi connectivity index (χ1) is 20.2. The summed E-state index contributed by atoms with van der Waals surface area (Å²) >= 11 is 0. The van der Waals surface area contributed by atoms with Gasteiger partial charge in [0.15, 0.2) is 0 Å². The zero-order chi connectivity index (χ0) is 30.0. The summed E-state index contributed by atoms with van der Waals surface area (Å²) in [5.41, 5.74) is 0. The molecule has 0 aliphatic rings. The molecule has 0 fully saturated rings. The van der Waals surface area contributed by atoms with Crippen molar-refractivity contribution in [3.8, 4) is 0 Å². The van der Waals surface area contributed by atoms with E-state index in [1.165, 1.54) is 154 Å². The largest absolute Gasteiger partial charge is 1.00 e. The standard InChI is InChI=1S/C36H75O4P.Na/c1-4-7-10-13-16-19-22-25-28-31-34-38-41(37,39-35-32-29-26-23-20-17-14-11-8-5-2)40-36-33-30-27-24-21-18-15-12-9-6-3;/h4-36H2,1-3H3;/q;+1. The van der Waals surface area contributed by atoms with Crippen LogP contribution in [0, 0.1) is 0 Å². The summed E-state index contributed by atoms with van der Waals surface area (Å²) < 4.78 is 30.7. The van der Waals surface area contributed by atoms with Crippen molar-refractivity contribution in [3.05, 3.63) is 0 Å². The van der Waals surface area contributed by atoms with E-state index in [9.17, 15) is 4.57 Å². The Kier molecular flexibility index (Phi) is 41.2. The van der Waals surface area contributed by atoms with Gasteiger partial charge < -0.3 is 0 Å². The molecule has 0 aliphatic heterocycles. The van der Waals surface area contributed by atoms with Crippen LogP contribution in [0.15, 0.2) is 0 Å². The molecule has 4 nitrogen and oxygen atoms in total. The van der Waals surface area contributed by atoms with E-state index in [1.807, 2.05) is 0 Å². The van der Waals surface area contributed by atoms with Gasteiger partial charge in [0.25, 0.3) is 0 Å². The van der Waals surface area contributed by atoms with Crippen LogP contribution in [0.25, 0.3) is 0 Å². The van der Waals surface area contributed by atoms with E-state index in [4.69, 9.17) is 13.6 Å². The van der Waals surface area contributed by atoms with Gasteiger partial charge in [-0.15, -0.1) is 0 Å². The summed E-state index contributed by atoms with van der Waals surface area (Å²) in [4.78, 5) is 0. The number of phosphoric ester groups is 1. The summed E-state index contributed by atoms with van der Waals surface area (Å²) in [5.74, 6) is 0. The first-order valence-corrected chi connectivity index (χ1v) is 20.2. The molecule has 0 bridgehead atoms. The third-order valence-electron chi connectivity index (χ3n) is 8.24. The van der Waals surface area contributed by atoms with Crippen LogP contribution in [-0.2, 0) is 18.1 Å². The molecule has 0 unspecified atom stereocenters. The van der Waals surface area contributed by atoms with E-state index >= 15 is 0 Å². The Morgan fingerprint density at radius 1 is 0.310 bits per heavy atom. The molecule has 0 amide bonds. The van der Waals surface area contributed by atoms with E-state index in [-0.39, 0.29) is 29.6 Å². The molecule has 0 atom stereocenters. The van der Waals surface area contributed by atoms with E-state index < -0.39 is 7.82 Å². The molecule has 0 aromatic heterocycles. The molecule has 0 rings (SSSR count). The van der Waals surface area contributed by atoms with Crippen LogP contribution in [0.3, 0.4) is 0 Å². The van der Waals surface area contributed by atoms with Crippen molar-refractivity contribution in [1.82, 2.24) is 0 Å².